The van der Waals surface area contributed by atoms with Crippen LogP contribution in [0.3, 0.4) is 0 Å². The van der Waals surface area contributed by atoms with Crippen LogP contribution < -0.4 is 5.32 Å². The summed E-state index contributed by atoms with van der Waals surface area (Å²) >= 11 is 11.2. The highest BCUT2D eigenvalue weighted by Crippen LogP contribution is 2.16. The Labute approximate surface area is 102 Å². The van der Waals surface area contributed by atoms with Gasteiger partial charge in [-0.1, -0.05) is 0 Å². The van der Waals surface area contributed by atoms with Crippen molar-refractivity contribution in [2.45, 2.75) is 12.5 Å². The Balaban J connectivity index is 2.10. The first-order valence-corrected chi connectivity index (χ1v) is 7.06. The van der Waals surface area contributed by atoms with E-state index in [9.17, 15) is 8.42 Å². The van der Waals surface area contributed by atoms with Crippen molar-refractivity contribution in [1.29, 1.82) is 0 Å². The van der Waals surface area contributed by atoms with Gasteiger partial charge in [-0.25, -0.2) is 8.42 Å². The molecule has 1 unspecified atom stereocenters. The van der Waals surface area contributed by atoms with Crippen LogP contribution in [0.15, 0.2) is 0 Å². The molecule has 2 rings (SSSR count). The van der Waals surface area contributed by atoms with Crippen molar-refractivity contribution in [3.63, 3.8) is 0 Å². The van der Waals surface area contributed by atoms with Crippen LogP contribution >= 0.6 is 23.2 Å². The Kier molecular flexibility index (Phi) is 3.18. The second-order valence-corrected chi connectivity index (χ2v) is 6.35. The first kappa shape index (κ1) is 11.8. The smallest absolute Gasteiger partial charge is 0.228 e. The van der Waals surface area contributed by atoms with Gasteiger partial charge < -0.3 is 5.32 Å². The molecule has 1 aliphatic rings. The summed E-state index contributed by atoms with van der Waals surface area (Å²) in [4.78, 5) is 11.2. The molecule has 1 aromatic heterocycles. The second-order valence-electron chi connectivity index (χ2n) is 3.44. The van der Waals surface area contributed by atoms with E-state index in [2.05, 4.69) is 20.3 Å². The van der Waals surface area contributed by atoms with Gasteiger partial charge in [-0.15, -0.1) is 0 Å². The molecule has 16 heavy (non-hydrogen) atoms. The normalized spacial score (nSPS) is 23.2. The standard InChI is InChI=1S/C7H8Cl2N4O2S/c8-5-11-6(9)13-7(12-5)10-4-1-2-16(14,15)3-4/h4H,1-3H2,(H,10,11,12,13). The summed E-state index contributed by atoms with van der Waals surface area (Å²) in [6.45, 7) is 0. The molecular formula is C7H8Cl2N4O2S. The maximum Gasteiger partial charge on any atom is 0.228 e. The summed E-state index contributed by atoms with van der Waals surface area (Å²) in [5, 5.41) is 2.82. The first-order valence-electron chi connectivity index (χ1n) is 4.49. The highest BCUT2D eigenvalue weighted by molar-refractivity contribution is 7.91. The molecule has 0 aliphatic carbocycles. The minimum absolute atomic E-state index is 0.0247. The number of hydrogen-bond donors (Lipinski definition) is 1. The van der Waals surface area contributed by atoms with E-state index in [1.165, 1.54) is 0 Å². The molecule has 9 heteroatoms. The van der Waals surface area contributed by atoms with Crippen LogP contribution in [0.4, 0.5) is 5.95 Å². The van der Waals surface area contributed by atoms with Crippen LogP contribution in [-0.4, -0.2) is 40.9 Å². The first-order chi connectivity index (χ1) is 7.44. The highest BCUT2D eigenvalue weighted by Gasteiger charge is 2.28. The highest BCUT2D eigenvalue weighted by atomic mass is 35.5. The Morgan fingerprint density at radius 2 is 1.81 bits per heavy atom. The molecule has 1 atom stereocenters. The third-order valence-corrected chi connectivity index (χ3v) is 4.25. The molecule has 0 radical (unpaired) electrons. The largest absolute Gasteiger partial charge is 0.350 e. The molecule has 0 amide bonds. The molecule has 1 aliphatic heterocycles. The van der Waals surface area contributed by atoms with Crippen LogP contribution in [0.1, 0.15) is 6.42 Å². The maximum atomic E-state index is 11.2. The molecular weight excluding hydrogens is 275 g/mol. The summed E-state index contributed by atoms with van der Waals surface area (Å²) in [5.41, 5.74) is 0. The van der Waals surface area contributed by atoms with Gasteiger partial charge in [0.25, 0.3) is 0 Å². The second kappa shape index (κ2) is 4.31. The van der Waals surface area contributed by atoms with Gasteiger partial charge in [0.1, 0.15) is 0 Å². The minimum Gasteiger partial charge on any atom is -0.350 e. The lowest BCUT2D eigenvalue weighted by molar-refractivity contribution is 0.602. The summed E-state index contributed by atoms with van der Waals surface area (Å²) in [7, 11) is -2.94. The fourth-order valence-electron chi connectivity index (χ4n) is 1.48. The van der Waals surface area contributed by atoms with Crippen molar-refractivity contribution in [1.82, 2.24) is 15.0 Å². The van der Waals surface area contributed by atoms with E-state index < -0.39 is 9.84 Å². The lowest BCUT2D eigenvalue weighted by Crippen LogP contribution is -2.22. The minimum atomic E-state index is -2.94. The van der Waals surface area contributed by atoms with E-state index in [-0.39, 0.29) is 34.1 Å². The quantitative estimate of drug-likeness (QED) is 0.863. The van der Waals surface area contributed by atoms with Crippen LogP contribution in [0.5, 0.6) is 0 Å². The molecule has 0 bridgehead atoms. The molecule has 0 spiro atoms. The van der Waals surface area contributed by atoms with Crippen LogP contribution in [-0.2, 0) is 9.84 Å². The predicted octanol–water partition coefficient (Wildman–Crippen LogP) is 0.777. The predicted molar refractivity (Wildman–Crippen MR) is 60.5 cm³/mol. The third kappa shape index (κ3) is 2.93. The van der Waals surface area contributed by atoms with Crippen LogP contribution in [0.25, 0.3) is 0 Å². The molecule has 88 valence electrons. The van der Waals surface area contributed by atoms with Gasteiger partial charge in [0, 0.05) is 6.04 Å². The zero-order valence-electron chi connectivity index (χ0n) is 8.02. The number of anilines is 1. The number of nitrogens with one attached hydrogen (secondary N) is 1. The van der Waals surface area contributed by atoms with Crippen molar-refractivity contribution in [2.24, 2.45) is 0 Å². The lowest BCUT2D eigenvalue weighted by atomic mass is 10.3. The Hall–Kier alpha value is -0.660. The van der Waals surface area contributed by atoms with E-state index in [0.29, 0.717) is 6.42 Å². The molecule has 2 heterocycles. The molecule has 0 aromatic carbocycles. The maximum absolute atomic E-state index is 11.2. The average molecular weight is 283 g/mol. The number of hydrogen-bond acceptors (Lipinski definition) is 6. The van der Waals surface area contributed by atoms with E-state index in [4.69, 9.17) is 23.2 Å². The fourth-order valence-corrected chi connectivity index (χ4v) is 3.52. The van der Waals surface area contributed by atoms with Crippen molar-refractivity contribution in [2.75, 3.05) is 16.8 Å². The summed E-state index contributed by atoms with van der Waals surface area (Å²) in [6.07, 6.45) is 0.531. The van der Waals surface area contributed by atoms with Gasteiger partial charge >= 0.3 is 0 Å². The van der Waals surface area contributed by atoms with E-state index in [0.717, 1.165) is 0 Å². The topological polar surface area (TPSA) is 84.8 Å². The van der Waals surface area contributed by atoms with Crippen molar-refractivity contribution in [3.8, 4) is 0 Å². The summed E-state index contributed by atoms with van der Waals surface area (Å²) in [5.74, 6) is 0.456. The Morgan fingerprint density at radius 1 is 1.19 bits per heavy atom. The van der Waals surface area contributed by atoms with Gasteiger partial charge in [0.2, 0.25) is 16.5 Å². The summed E-state index contributed by atoms with van der Waals surface area (Å²) in [6, 6.07) is -0.195. The van der Waals surface area contributed by atoms with E-state index >= 15 is 0 Å². The summed E-state index contributed by atoms with van der Waals surface area (Å²) < 4.78 is 22.4. The number of aromatic nitrogens is 3. The molecule has 1 aromatic rings. The Morgan fingerprint density at radius 3 is 2.31 bits per heavy atom. The zero-order valence-corrected chi connectivity index (χ0v) is 10.3. The van der Waals surface area contributed by atoms with Crippen molar-refractivity contribution in [3.05, 3.63) is 10.6 Å². The third-order valence-electron chi connectivity index (χ3n) is 2.15. The SMILES string of the molecule is O=S1(=O)CCC(Nc2nc(Cl)nc(Cl)n2)C1. The van der Waals surface area contributed by atoms with Crippen LogP contribution in [0.2, 0.25) is 10.6 Å². The number of sulfone groups is 1. The van der Waals surface area contributed by atoms with Gasteiger partial charge in [-0.3, -0.25) is 0 Å². The van der Waals surface area contributed by atoms with E-state index in [1.54, 1.807) is 0 Å². The Bertz CT molecular complexity index is 487. The monoisotopic (exact) mass is 282 g/mol. The number of nitrogens with zero attached hydrogens (tertiary/aromatic N) is 3. The van der Waals surface area contributed by atoms with Gasteiger partial charge in [0.05, 0.1) is 11.5 Å². The molecule has 1 N–H and O–H groups in total. The molecule has 1 fully saturated rings. The van der Waals surface area contributed by atoms with Gasteiger partial charge in [-0.05, 0) is 29.6 Å². The molecule has 0 saturated carbocycles. The lowest BCUT2D eigenvalue weighted by Gasteiger charge is -2.09. The van der Waals surface area contributed by atoms with Crippen LogP contribution in [0, 0.1) is 0 Å². The number of halogens is 2. The zero-order chi connectivity index (χ0) is 11.8. The molecule has 6 nitrogen and oxygen atoms in total. The van der Waals surface area contributed by atoms with Crippen molar-refractivity contribution < 1.29 is 8.42 Å². The molecule has 1 saturated heterocycles. The van der Waals surface area contributed by atoms with Gasteiger partial charge in [-0.2, -0.15) is 15.0 Å². The average Bonchev–Trinajstić information content (AvgIpc) is 2.43. The van der Waals surface area contributed by atoms with E-state index in [1.807, 2.05) is 0 Å². The fraction of sp³-hybridized carbons (Fsp3) is 0.571. The van der Waals surface area contributed by atoms with Crippen molar-refractivity contribution >= 4 is 39.0 Å². The number of rotatable bonds is 2. The van der Waals surface area contributed by atoms with Gasteiger partial charge in [0.15, 0.2) is 9.84 Å².